The monoisotopic (exact) mass is 347 g/mol. The molecule has 5 N–H and O–H groups in total. The van der Waals surface area contributed by atoms with E-state index in [0.717, 1.165) is 37.0 Å². The van der Waals surface area contributed by atoms with Crippen LogP contribution in [0.5, 0.6) is 0 Å². The van der Waals surface area contributed by atoms with E-state index in [2.05, 4.69) is 56.3 Å². The number of hydrogen-bond acceptors (Lipinski definition) is 4. The molecule has 0 radical (unpaired) electrons. The van der Waals surface area contributed by atoms with Crippen LogP contribution in [0, 0.1) is 0 Å². The van der Waals surface area contributed by atoms with Gasteiger partial charge in [0.05, 0.1) is 17.2 Å². The number of anilines is 2. The van der Waals surface area contributed by atoms with Crippen LogP contribution < -0.4 is 10.6 Å². The Hall–Kier alpha value is -2.31. The largest absolute Gasteiger partial charge is 0.412 e. The van der Waals surface area contributed by atoms with Crippen molar-refractivity contribution in [3.8, 4) is 0 Å². The van der Waals surface area contributed by atoms with E-state index in [1.54, 1.807) is 6.20 Å². The minimum atomic E-state index is 0. The van der Waals surface area contributed by atoms with Crippen LogP contribution in [-0.4, -0.2) is 33.5 Å². The number of para-hydroxylation sites is 1. The number of H-pyrrole nitrogens is 1. The number of nitrogens with one attached hydrogen (secondary N) is 1. The molecule has 128 valence electrons. The number of aromatic amines is 1. The molecule has 1 aliphatic rings. The Balaban J connectivity index is 0.00000104. The van der Waals surface area contributed by atoms with E-state index in [0.29, 0.717) is 11.9 Å². The Kier molecular flexibility index (Phi) is 5.64. The first-order chi connectivity index (χ1) is 10.8. The Morgan fingerprint density at radius 1 is 1.12 bits per heavy atom. The summed E-state index contributed by atoms with van der Waals surface area (Å²) in [4.78, 5) is 14.2. The average Bonchev–Trinajstić information content (AvgIpc) is 2.99. The third-order valence-corrected chi connectivity index (χ3v) is 4.46. The number of hydrogen-bond donors (Lipinski definition) is 2. The first kappa shape index (κ1) is 18.0. The number of rotatable bonds is 2. The van der Waals surface area contributed by atoms with Crippen molar-refractivity contribution in [2.24, 2.45) is 0 Å². The van der Waals surface area contributed by atoms with E-state index in [1.807, 2.05) is 0 Å². The van der Waals surface area contributed by atoms with Gasteiger partial charge in [-0.25, -0.2) is 9.97 Å². The van der Waals surface area contributed by atoms with Crippen molar-refractivity contribution < 1.29 is 5.48 Å². The van der Waals surface area contributed by atoms with Crippen LogP contribution >= 0.6 is 12.4 Å². The van der Waals surface area contributed by atoms with Gasteiger partial charge in [-0.15, -0.1) is 12.4 Å². The lowest BCUT2D eigenvalue weighted by atomic mass is 9.93. The smallest absolute Gasteiger partial charge is 0.220 e. The van der Waals surface area contributed by atoms with Gasteiger partial charge in [-0.05, 0) is 31.0 Å². The van der Waals surface area contributed by atoms with Gasteiger partial charge >= 0.3 is 0 Å². The van der Waals surface area contributed by atoms with Gasteiger partial charge in [-0.1, -0.05) is 18.2 Å². The van der Waals surface area contributed by atoms with Gasteiger partial charge in [-0.3, -0.25) is 0 Å². The molecule has 4 rings (SSSR count). The maximum atomic E-state index is 5.65. The van der Waals surface area contributed by atoms with E-state index < -0.39 is 0 Å². The van der Waals surface area contributed by atoms with Gasteiger partial charge in [-0.2, -0.15) is 0 Å². The number of benzene rings is 1. The molecule has 1 aliphatic heterocycles. The minimum absolute atomic E-state index is 0. The molecule has 6 nitrogen and oxygen atoms in total. The minimum Gasteiger partial charge on any atom is -0.412 e. The molecule has 0 saturated carbocycles. The quantitative estimate of drug-likeness (QED) is 0.743. The lowest BCUT2D eigenvalue weighted by Crippen LogP contribution is -2.32. The number of nitrogens with two attached hydrogens (primary N) is 1. The summed E-state index contributed by atoms with van der Waals surface area (Å²) in [6.07, 6.45) is 4.05. The van der Waals surface area contributed by atoms with E-state index in [9.17, 15) is 0 Å². The molecule has 0 aliphatic carbocycles. The summed E-state index contributed by atoms with van der Waals surface area (Å²) in [7, 11) is 0. The molecule has 0 spiro atoms. The second kappa shape index (κ2) is 7.51. The van der Waals surface area contributed by atoms with Crippen molar-refractivity contribution in [3.63, 3.8) is 0 Å². The second-order valence-corrected chi connectivity index (χ2v) is 5.85. The van der Waals surface area contributed by atoms with E-state index in [1.165, 1.54) is 11.4 Å². The van der Waals surface area contributed by atoms with Crippen molar-refractivity contribution in [3.05, 3.63) is 48.3 Å². The zero-order chi connectivity index (χ0) is 14.9. The number of fused-ring (bicyclic) bond motifs is 1. The lowest BCUT2D eigenvalue weighted by molar-refractivity contribution is 0.498. The van der Waals surface area contributed by atoms with Gasteiger partial charge in [0, 0.05) is 30.4 Å². The van der Waals surface area contributed by atoms with Gasteiger partial charge in [0.15, 0.2) is 0 Å². The van der Waals surface area contributed by atoms with Crippen LogP contribution in [0.2, 0.25) is 0 Å². The van der Waals surface area contributed by atoms with Crippen LogP contribution in [0.3, 0.4) is 0 Å². The fraction of sp³-hybridized carbons (Fsp3) is 0.294. The molecular weight excluding hydrogens is 326 g/mol. The summed E-state index contributed by atoms with van der Waals surface area (Å²) in [6.45, 7) is 2.16. The third kappa shape index (κ3) is 3.44. The van der Waals surface area contributed by atoms with Crippen LogP contribution in [0.15, 0.2) is 42.6 Å². The first-order valence-electron chi connectivity index (χ1n) is 7.71. The Bertz CT molecular complexity index is 784. The number of nitrogens with zero attached hydrogens (tertiary/aromatic N) is 3. The standard InChI is InChI=1S/C17H19N5.ClH.H2O/c18-17-19-11-16-15(21-17)10-14(20-16)12-6-8-22(9-7-12)13-4-2-1-3-5-13;;/h1-5,10-12,20H,6-9H2,(H2,18,19,21);1H;1H2. The molecule has 3 heterocycles. The number of aromatic nitrogens is 3. The van der Waals surface area contributed by atoms with Gasteiger partial charge in [0.2, 0.25) is 5.95 Å². The topological polar surface area (TPSA) is 102 Å². The van der Waals surface area contributed by atoms with Crippen LogP contribution in [0.4, 0.5) is 11.6 Å². The van der Waals surface area contributed by atoms with Crippen molar-refractivity contribution in [2.75, 3.05) is 23.7 Å². The summed E-state index contributed by atoms with van der Waals surface area (Å²) in [6, 6.07) is 12.7. The Labute approximate surface area is 146 Å². The lowest BCUT2D eigenvalue weighted by Gasteiger charge is -2.33. The van der Waals surface area contributed by atoms with Crippen LogP contribution in [0.1, 0.15) is 24.5 Å². The van der Waals surface area contributed by atoms with Crippen LogP contribution in [-0.2, 0) is 0 Å². The van der Waals surface area contributed by atoms with Gasteiger partial charge in [0.1, 0.15) is 0 Å². The highest BCUT2D eigenvalue weighted by atomic mass is 35.5. The van der Waals surface area contributed by atoms with Crippen molar-refractivity contribution >= 4 is 35.1 Å². The summed E-state index contributed by atoms with van der Waals surface area (Å²) >= 11 is 0. The zero-order valence-electron chi connectivity index (χ0n) is 13.3. The van der Waals surface area contributed by atoms with Crippen molar-refractivity contribution in [1.82, 2.24) is 15.0 Å². The van der Waals surface area contributed by atoms with Gasteiger partial charge in [0.25, 0.3) is 0 Å². The highest BCUT2D eigenvalue weighted by Crippen LogP contribution is 2.31. The highest BCUT2D eigenvalue weighted by molar-refractivity contribution is 5.85. The number of nitrogen functional groups attached to an aromatic ring is 1. The van der Waals surface area contributed by atoms with E-state index in [-0.39, 0.29) is 17.9 Å². The van der Waals surface area contributed by atoms with E-state index in [4.69, 9.17) is 5.73 Å². The highest BCUT2D eigenvalue weighted by Gasteiger charge is 2.22. The molecule has 7 heteroatoms. The average molecular weight is 348 g/mol. The Morgan fingerprint density at radius 2 is 1.83 bits per heavy atom. The zero-order valence-corrected chi connectivity index (χ0v) is 14.1. The van der Waals surface area contributed by atoms with E-state index >= 15 is 0 Å². The van der Waals surface area contributed by atoms with Crippen molar-refractivity contribution in [2.45, 2.75) is 18.8 Å². The molecule has 2 aromatic heterocycles. The van der Waals surface area contributed by atoms with Crippen LogP contribution in [0.25, 0.3) is 11.0 Å². The van der Waals surface area contributed by atoms with Gasteiger partial charge < -0.3 is 21.1 Å². The number of piperidine rings is 1. The SMILES string of the molecule is Cl.Nc1ncc2[nH]c(C3CCN(c4ccccc4)CC3)cc2n1.O. The summed E-state index contributed by atoms with van der Waals surface area (Å²) in [5.41, 5.74) is 10.1. The third-order valence-electron chi connectivity index (χ3n) is 4.46. The molecule has 0 unspecified atom stereocenters. The number of halogens is 1. The predicted molar refractivity (Wildman–Crippen MR) is 99.8 cm³/mol. The molecule has 1 aromatic carbocycles. The Morgan fingerprint density at radius 3 is 2.54 bits per heavy atom. The normalized spacial score (nSPS) is 14.9. The fourth-order valence-electron chi connectivity index (χ4n) is 3.26. The second-order valence-electron chi connectivity index (χ2n) is 5.85. The molecular formula is C17H22ClN5O. The maximum Gasteiger partial charge on any atom is 0.220 e. The molecule has 0 amide bonds. The molecule has 1 fully saturated rings. The summed E-state index contributed by atoms with van der Waals surface area (Å²) < 4.78 is 0. The fourth-order valence-corrected chi connectivity index (χ4v) is 3.26. The van der Waals surface area contributed by atoms with Crippen molar-refractivity contribution in [1.29, 1.82) is 0 Å². The maximum absolute atomic E-state index is 5.65. The summed E-state index contributed by atoms with van der Waals surface area (Å²) in [5, 5.41) is 0. The summed E-state index contributed by atoms with van der Waals surface area (Å²) in [5.74, 6) is 0.882. The predicted octanol–water partition coefficient (Wildman–Crippen LogP) is 2.52. The molecule has 0 bridgehead atoms. The molecule has 1 saturated heterocycles. The molecule has 0 atom stereocenters. The molecule has 3 aromatic rings. The first-order valence-corrected chi connectivity index (χ1v) is 7.71. The molecule has 24 heavy (non-hydrogen) atoms.